The maximum Gasteiger partial charge on any atom is 0.343 e. The second-order valence-corrected chi connectivity index (χ2v) is 5.75. The maximum absolute atomic E-state index is 11.8. The molecule has 0 saturated heterocycles. The second-order valence-electron chi connectivity index (χ2n) is 4.25. The van der Waals surface area contributed by atoms with E-state index in [0.717, 1.165) is 0 Å². The van der Waals surface area contributed by atoms with Gasteiger partial charge in [-0.25, -0.2) is 9.89 Å². The Morgan fingerprint density at radius 3 is 2.95 bits per heavy atom. The van der Waals surface area contributed by atoms with Crippen LogP contribution in [-0.4, -0.2) is 26.4 Å². The predicted molar refractivity (Wildman–Crippen MR) is 83.7 cm³/mol. The van der Waals surface area contributed by atoms with Crippen molar-refractivity contribution in [3.05, 3.63) is 33.7 Å². The first-order valence-electron chi connectivity index (χ1n) is 6.06. The van der Waals surface area contributed by atoms with E-state index in [1.807, 2.05) is 0 Å². The molecule has 1 amide bonds. The number of thioether (sulfide) groups is 1. The average Bonchev–Trinajstić information content (AvgIpc) is 2.74. The number of benzene rings is 1. The Balaban J connectivity index is 1.85. The van der Waals surface area contributed by atoms with E-state index in [1.54, 1.807) is 25.2 Å². The van der Waals surface area contributed by atoms with E-state index in [4.69, 9.17) is 17.3 Å². The van der Waals surface area contributed by atoms with Crippen LogP contribution in [0, 0.1) is 0 Å². The lowest BCUT2D eigenvalue weighted by atomic mass is 10.2. The number of hydrogen-bond donors (Lipinski definition) is 3. The van der Waals surface area contributed by atoms with Crippen LogP contribution in [0.3, 0.4) is 0 Å². The Hall–Kier alpha value is -1.93. The second kappa shape index (κ2) is 6.68. The van der Waals surface area contributed by atoms with Crippen LogP contribution in [0.4, 0.5) is 11.4 Å². The molecule has 0 radical (unpaired) electrons. The monoisotopic (exact) mass is 327 g/mol. The van der Waals surface area contributed by atoms with Crippen LogP contribution in [0.15, 0.2) is 28.2 Å². The van der Waals surface area contributed by atoms with E-state index in [0.29, 0.717) is 27.3 Å². The molecule has 9 heteroatoms. The molecular formula is C12H14ClN5O2S. The van der Waals surface area contributed by atoms with E-state index >= 15 is 0 Å². The summed E-state index contributed by atoms with van der Waals surface area (Å²) < 4.78 is 1.39. The van der Waals surface area contributed by atoms with Crippen molar-refractivity contribution in [3.63, 3.8) is 0 Å². The largest absolute Gasteiger partial charge is 0.397 e. The van der Waals surface area contributed by atoms with Gasteiger partial charge < -0.3 is 11.1 Å². The molecule has 0 aliphatic rings. The molecule has 0 bridgehead atoms. The molecule has 1 aromatic heterocycles. The van der Waals surface area contributed by atoms with Gasteiger partial charge in [0.15, 0.2) is 5.16 Å². The van der Waals surface area contributed by atoms with E-state index in [9.17, 15) is 9.59 Å². The molecule has 1 aromatic carbocycles. The number of rotatable bonds is 5. The summed E-state index contributed by atoms with van der Waals surface area (Å²) in [6.07, 6.45) is 0.272. The molecule has 0 saturated carbocycles. The van der Waals surface area contributed by atoms with E-state index in [2.05, 4.69) is 15.5 Å². The van der Waals surface area contributed by atoms with Crippen molar-refractivity contribution in [1.82, 2.24) is 14.8 Å². The zero-order chi connectivity index (χ0) is 15.4. The van der Waals surface area contributed by atoms with Crippen molar-refractivity contribution in [1.29, 1.82) is 0 Å². The van der Waals surface area contributed by atoms with Crippen molar-refractivity contribution in [2.45, 2.75) is 11.6 Å². The van der Waals surface area contributed by atoms with Gasteiger partial charge in [-0.1, -0.05) is 23.4 Å². The first-order valence-corrected chi connectivity index (χ1v) is 7.43. The normalized spacial score (nSPS) is 10.6. The summed E-state index contributed by atoms with van der Waals surface area (Å²) in [6.45, 7) is 0. The van der Waals surface area contributed by atoms with Gasteiger partial charge in [-0.05, 0) is 18.2 Å². The summed E-state index contributed by atoms with van der Waals surface area (Å²) in [6, 6.07) is 4.88. The minimum atomic E-state index is -0.282. The van der Waals surface area contributed by atoms with Crippen molar-refractivity contribution < 1.29 is 4.79 Å². The molecule has 0 spiro atoms. The van der Waals surface area contributed by atoms with Gasteiger partial charge in [-0.2, -0.15) is 0 Å². The van der Waals surface area contributed by atoms with Gasteiger partial charge in [0.25, 0.3) is 0 Å². The number of nitrogens with one attached hydrogen (secondary N) is 2. The van der Waals surface area contributed by atoms with E-state index in [-0.39, 0.29) is 18.0 Å². The fraction of sp³-hybridized carbons (Fsp3) is 0.250. The number of halogens is 1. The molecule has 0 aliphatic carbocycles. The fourth-order valence-corrected chi connectivity index (χ4v) is 2.59. The lowest BCUT2D eigenvalue weighted by molar-refractivity contribution is -0.115. The Morgan fingerprint density at radius 2 is 2.33 bits per heavy atom. The number of hydrogen-bond acceptors (Lipinski definition) is 5. The molecule has 0 atom stereocenters. The van der Waals surface area contributed by atoms with E-state index < -0.39 is 0 Å². The van der Waals surface area contributed by atoms with Crippen LogP contribution in [0.25, 0.3) is 0 Å². The van der Waals surface area contributed by atoms with Crippen LogP contribution in [0.5, 0.6) is 0 Å². The minimum Gasteiger partial charge on any atom is -0.397 e. The zero-order valence-corrected chi connectivity index (χ0v) is 12.8. The Kier molecular flexibility index (Phi) is 4.92. The van der Waals surface area contributed by atoms with Gasteiger partial charge >= 0.3 is 5.69 Å². The first kappa shape index (κ1) is 15.5. The van der Waals surface area contributed by atoms with Gasteiger partial charge in [0.1, 0.15) is 0 Å². The number of nitrogens with zero attached hydrogens (tertiary/aromatic N) is 2. The smallest absolute Gasteiger partial charge is 0.343 e. The molecule has 7 nitrogen and oxygen atoms in total. The van der Waals surface area contributed by atoms with Crippen LogP contribution in [0.1, 0.15) is 6.42 Å². The highest BCUT2D eigenvalue weighted by molar-refractivity contribution is 7.99. The number of carbonyl (C=O) groups excluding carboxylic acids is 1. The number of anilines is 2. The summed E-state index contributed by atoms with van der Waals surface area (Å²) >= 11 is 7.11. The van der Waals surface area contributed by atoms with Crippen LogP contribution in [0.2, 0.25) is 5.02 Å². The molecule has 0 aliphatic heterocycles. The molecule has 0 unspecified atom stereocenters. The highest BCUT2D eigenvalue weighted by atomic mass is 35.5. The third-order valence-corrected chi connectivity index (χ3v) is 3.95. The van der Waals surface area contributed by atoms with Crippen LogP contribution < -0.4 is 16.7 Å². The number of H-pyrrole nitrogens is 1. The minimum absolute atomic E-state index is 0.169. The molecule has 0 fully saturated rings. The molecule has 2 rings (SSSR count). The average molecular weight is 328 g/mol. The molecular weight excluding hydrogens is 314 g/mol. The summed E-state index contributed by atoms with van der Waals surface area (Å²) in [7, 11) is 1.61. The number of carbonyl (C=O) groups is 1. The quantitative estimate of drug-likeness (QED) is 0.569. The Labute approximate surface area is 129 Å². The number of nitrogen functional groups attached to an aromatic ring is 1. The lowest BCUT2D eigenvalue weighted by Gasteiger charge is -2.08. The van der Waals surface area contributed by atoms with Gasteiger partial charge in [-0.3, -0.25) is 9.36 Å². The molecule has 1 heterocycles. The van der Waals surface area contributed by atoms with Gasteiger partial charge in [0.05, 0.1) is 11.4 Å². The number of nitrogens with two attached hydrogens (primary N) is 1. The summed E-state index contributed by atoms with van der Waals surface area (Å²) in [4.78, 5) is 23.0. The summed E-state index contributed by atoms with van der Waals surface area (Å²) in [5.41, 5.74) is 6.42. The highest BCUT2D eigenvalue weighted by Crippen LogP contribution is 2.23. The number of aromatic nitrogens is 3. The fourth-order valence-electron chi connectivity index (χ4n) is 1.56. The SMILES string of the molecule is Cn1c(SCCC(=O)Nc2ccc(Cl)cc2N)n[nH]c1=O. The third-order valence-electron chi connectivity index (χ3n) is 2.69. The van der Waals surface area contributed by atoms with Crippen LogP contribution >= 0.6 is 23.4 Å². The summed E-state index contributed by atoms with van der Waals surface area (Å²) in [5.74, 6) is 0.328. The molecule has 112 valence electrons. The van der Waals surface area contributed by atoms with E-state index in [1.165, 1.54) is 16.3 Å². The predicted octanol–water partition coefficient (Wildman–Crippen LogP) is 1.46. The highest BCUT2D eigenvalue weighted by Gasteiger charge is 2.08. The Bertz CT molecular complexity index is 712. The summed E-state index contributed by atoms with van der Waals surface area (Å²) in [5, 5.41) is 9.94. The zero-order valence-electron chi connectivity index (χ0n) is 11.2. The van der Waals surface area contributed by atoms with Gasteiger partial charge in [0, 0.05) is 24.2 Å². The van der Waals surface area contributed by atoms with Crippen molar-refractivity contribution in [2.75, 3.05) is 16.8 Å². The van der Waals surface area contributed by atoms with Gasteiger partial charge in [-0.15, -0.1) is 5.10 Å². The van der Waals surface area contributed by atoms with Gasteiger partial charge in [0.2, 0.25) is 5.91 Å². The molecule has 2 aromatic rings. The topological polar surface area (TPSA) is 106 Å². The molecule has 21 heavy (non-hydrogen) atoms. The lowest BCUT2D eigenvalue weighted by Crippen LogP contribution is -2.14. The maximum atomic E-state index is 11.8. The molecule has 4 N–H and O–H groups in total. The standard InChI is InChI=1S/C12H14ClN5O2S/c1-18-11(20)16-17-12(18)21-5-4-10(19)15-9-3-2-7(13)6-8(9)14/h2-3,6H,4-5,14H2,1H3,(H,15,19)(H,16,20). The van der Waals surface area contributed by atoms with Crippen molar-refractivity contribution >= 4 is 40.6 Å². The first-order chi connectivity index (χ1) is 9.97. The number of amides is 1. The van der Waals surface area contributed by atoms with Crippen molar-refractivity contribution in [3.8, 4) is 0 Å². The van der Waals surface area contributed by atoms with Crippen molar-refractivity contribution in [2.24, 2.45) is 7.05 Å². The Morgan fingerprint density at radius 1 is 1.57 bits per heavy atom. The van der Waals surface area contributed by atoms with Crippen LogP contribution in [-0.2, 0) is 11.8 Å². The third kappa shape index (κ3) is 4.02. The number of aromatic amines is 1.